The Bertz CT molecular complexity index is 1110. The molecule has 0 aliphatic rings. The SMILES string of the molecule is O=C(OCc1nc2ccccc2n1C(F)F)c1cnn(Cc2ccccc2)c1. The van der Waals surface area contributed by atoms with Gasteiger partial charge in [0, 0.05) is 6.20 Å². The fourth-order valence-corrected chi connectivity index (χ4v) is 2.95. The van der Waals surface area contributed by atoms with Crippen LogP contribution in [0, 0.1) is 0 Å². The molecule has 28 heavy (non-hydrogen) atoms. The number of halogens is 2. The van der Waals surface area contributed by atoms with E-state index >= 15 is 0 Å². The molecule has 0 saturated carbocycles. The van der Waals surface area contributed by atoms with Gasteiger partial charge in [-0.25, -0.2) is 9.78 Å². The van der Waals surface area contributed by atoms with Crippen molar-refractivity contribution in [2.45, 2.75) is 19.7 Å². The van der Waals surface area contributed by atoms with Crippen LogP contribution in [0.2, 0.25) is 0 Å². The van der Waals surface area contributed by atoms with Crippen molar-refractivity contribution in [1.82, 2.24) is 19.3 Å². The second kappa shape index (κ2) is 7.59. The van der Waals surface area contributed by atoms with Crippen molar-refractivity contribution in [2.75, 3.05) is 0 Å². The number of nitrogens with zero attached hydrogens (tertiary/aromatic N) is 4. The fraction of sp³-hybridized carbons (Fsp3) is 0.150. The minimum absolute atomic E-state index is 0.0128. The Hall–Kier alpha value is -3.55. The number of esters is 1. The summed E-state index contributed by atoms with van der Waals surface area (Å²) in [6, 6.07) is 16.2. The highest BCUT2D eigenvalue weighted by Gasteiger charge is 2.19. The number of rotatable bonds is 6. The third-order valence-electron chi connectivity index (χ3n) is 4.25. The summed E-state index contributed by atoms with van der Waals surface area (Å²) in [6.07, 6.45) is 2.95. The number of ether oxygens (including phenoxy) is 1. The molecule has 6 nitrogen and oxygen atoms in total. The summed E-state index contributed by atoms with van der Waals surface area (Å²) >= 11 is 0. The number of benzene rings is 2. The Balaban J connectivity index is 1.46. The van der Waals surface area contributed by atoms with E-state index in [1.807, 2.05) is 30.3 Å². The molecule has 0 bridgehead atoms. The molecule has 0 unspecified atom stereocenters. The van der Waals surface area contributed by atoms with E-state index in [1.165, 1.54) is 6.20 Å². The van der Waals surface area contributed by atoms with Gasteiger partial charge in [0.2, 0.25) is 0 Å². The zero-order chi connectivity index (χ0) is 19.5. The van der Waals surface area contributed by atoms with Crippen LogP contribution in [-0.4, -0.2) is 25.3 Å². The molecular weight excluding hydrogens is 366 g/mol. The molecule has 8 heteroatoms. The van der Waals surface area contributed by atoms with Crippen molar-refractivity contribution in [3.8, 4) is 0 Å². The maximum Gasteiger partial charge on any atom is 0.341 e. The van der Waals surface area contributed by atoms with Gasteiger partial charge in [-0.2, -0.15) is 13.9 Å². The predicted octanol–water partition coefficient (Wildman–Crippen LogP) is 4.03. The number of alkyl halides is 2. The first-order chi connectivity index (χ1) is 13.6. The van der Waals surface area contributed by atoms with E-state index < -0.39 is 12.5 Å². The quantitative estimate of drug-likeness (QED) is 0.472. The fourth-order valence-electron chi connectivity index (χ4n) is 2.95. The van der Waals surface area contributed by atoms with Crippen molar-refractivity contribution in [3.63, 3.8) is 0 Å². The average Bonchev–Trinajstić information content (AvgIpc) is 3.31. The van der Waals surface area contributed by atoms with Crippen molar-refractivity contribution in [1.29, 1.82) is 0 Å². The Morgan fingerprint density at radius 3 is 2.61 bits per heavy atom. The lowest BCUT2D eigenvalue weighted by Gasteiger charge is -2.08. The highest BCUT2D eigenvalue weighted by Crippen LogP contribution is 2.23. The topological polar surface area (TPSA) is 61.9 Å². The third kappa shape index (κ3) is 3.62. The van der Waals surface area contributed by atoms with Crippen LogP contribution in [0.3, 0.4) is 0 Å². The molecule has 0 saturated heterocycles. The minimum atomic E-state index is -2.78. The summed E-state index contributed by atoms with van der Waals surface area (Å²) in [5, 5.41) is 4.14. The lowest BCUT2D eigenvalue weighted by molar-refractivity contribution is 0.0387. The molecule has 0 aliphatic heterocycles. The highest BCUT2D eigenvalue weighted by atomic mass is 19.3. The maximum atomic E-state index is 13.4. The first kappa shape index (κ1) is 17.8. The molecule has 0 N–H and O–H groups in total. The van der Waals surface area contributed by atoms with Crippen LogP contribution < -0.4 is 0 Å². The summed E-state index contributed by atoms with van der Waals surface area (Å²) in [6.45, 7) is -2.63. The lowest BCUT2D eigenvalue weighted by atomic mass is 10.2. The van der Waals surface area contributed by atoms with Gasteiger partial charge < -0.3 is 4.74 Å². The zero-order valence-electron chi connectivity index (χ0n) is 14.7. The number of carbonyl (C=O) groups excluding carboxylic acids is 1. The Kier molecular flexibility index (Phi) is 4.84. The van der Waals surface area contributed by atoms with Gasteiger partial charge in [0.15, 0.2) is 5.82 Å². The van der Waals surface area contributed by atoms with E-state index in [4.69, 9.17) is 4.74 Å². The minimum Gasteiger partial charge on any atom is -0.454 e. The molecule has 2 heterocycles. The van der Waals surface area contributed by atoms with Crippen molar-refractivity contribution in [3.05, 3.63) is 83.9 Å². The van der Waals surface area contributed by atoms with Gasteiger partial charge in [0.1, 0.15) is 6.61 Å². The summed E-state index contributed by atoms with van der Waals surface area (Å²) in [4.78, 5) is 16.4. The monoisotopic (exact) mass is 382 g/mol. The number of fused-ring (bicyclic) bond motifs is 1. The molecule has 2 aromatic carbocycles. The summed E-state index contributed by atoms with van der Waals surface area (Å²) in [7, 11) is 0. The Morgan fingerprint density at radius 1 is 1.07 bits per heavy atom. The van der Waals surface area contributed by atoms with E-state index in [0.29, 0.717) is 17.6 Å². The maximum absolute atomic E-state index is 13.4. The van der Waals surface area contributed by atoms with E-state index in [1.54, 1.807) is 35.1 Å². The van der Waals surface area contributed by atoms with Gasteiger partial charge in [0.25, 0.3) is 0 Å². The van der Waals surface area contributed by atoms with E-state index in [9.17, 15) is 13.6 Å². The van der Waals surface area contributed by atoms with E-state index in [0.717, 1.165) is 10.1 Å². The summed E-state index contributed by atoms with van der Waals surface area (Å²) < 4.78 is 34.4. The predicted molar refractivity (Wildman–Crippen MR) is 97.9 cm³/mol. The molecule has 0 spiro atoms. The molecular formula is C20H16F2N4O2. The molecule has 142 valence electrons. The second-order valence-corrected chi connectivity index (χ2v) is 6.15. The number of carbonyl (C=O) groups is 1. The van der Waals surface area contributed by atoms with Crippen LogP contribution in [0.4, 0.5) is 8.78 Å². The lowest BCUT2D eigenvalue weighted by Crippen LogP contribution is -2.10. The second-order valence-electron chi connectivity index (χ2n) is 6.15. The summed E-state index contributed by atoms with van der Waals surface area (Å²) in [5.74, 6) is -0.659. The molecule has 0 amide bonds. The molecule has 0 atom stereocenters. The summed E-state index contributed by atoms with van der Waals surface area (Å²) in [5.41, 5.74) is 2.00. The standard InChI is InChI=1S/C20H16F2N4O2/c21-20(22)26-17-9-5-4-8-16(17)24-18(26)13-28-19(27)15-10-23-25(12-15)11-14-6-2-1-3-7-14/h1-10,12,20H,11,13H2. The molecule has 2 aromatic heterocycles. The highest BCUT2D eigenvalue weighted by molar-refractivity contribution is 5.88. The van der Waals surface area contributed by atoms with Crippen LogP contribution in [0.5, 0.6) is 0 Å². The van der Waals surface area contributed by atoms with Gasteiger partial charge in [-0.05, 0) is 17.7 Å². The zero-order valence-corrected chi connectivity index (χ0v) is 14.7. The largest absolute Gasteiger partial charge is 0.454 e. The van der Waals surface area contributed by atoms with Gasteiger partial charge in [-0.3, -0.25) is 9.25 Å². The smallest absolute Gasteiger partial charge is 0.341 e. The van der Waals surface area contributed by atoms with Gasteiger partial charge in [-0.15, -0.1) is 0 Å². The van der Waals surface area contributed by atoms with Crippen molar-refractivity contribution in [2.24, 2.45) is 0 Å². The normalized spacial score (nSPS) is 11.2. The first-order valence-corrected chi connectivity index (χ1v) is 8.59. The Morgan fingerprint density at radius 2 is 1.82 bits per heavy atom. The van der Waals surface area contributed by atoms with Crippen LogP contribution in [0.25, 0.3) is 11.0 Å². The van der Waals surface area contributed by atoms with Crippen LogP contribution >= 0.6 is 0 Å². The van der Waals surface area contributed by atoms with E-state index in [2.05, 4.69) is 10.1 Å². The average molecular weight is 382 g/mol. The van der Waals surface area contributed by atoms with Crippen LogP contribution in [-0.2, 0) is 17.9 Å². The molecule has 0 fully saturated rings. The van der Waals surface area contributed by atoms with E-state index in [-0.39, 0.29) is 18.0 Å². The molecule has 4 aromatic rings. The van der Waals surface area contributed by atoms with Gasteiger partial charge in [0.05, 0.1) is 29.3 Å². The Labute approximate surface area is 159 Å². The number of para-hydroxylation sites is 2. The van der Waals surface area contributed by atoms with Crippen LogP contribution in [0.1, 0.15) is 28.3 Å². The molecule has 4 rings (SSSR count). The number of aromatic nitrogens is 4. The molecule has 0 radical (unpaired) electrons. The van der Waals surface area contributed by atoms with Gasteiger partial charge >= 0.3 is 12.5 Å². The number of imidazole rings is 1. The number of hydrogen-bond donors (Lipinski definition) is 0. The van der Waals surface area contributed by atoms with Gasteiger partial charge in [-0.1, -0.05) is 42.5 Å². The third-order valence-corrected chi connectivity index (χ3v) is 4.25. The molecule has 0 aliphatic carbocycles. The van der Waals surface area contributed by atoms with Crippen LogP contribution in [0.15, 0.2) is 67.0 Å². The van der Waals surface area contributed by atoms with Crippen molar-refractivity contribution < 1.29 is 18.3 Å². The van der Waals surface area contributed by atoms with Crippen molar-refractivity contribution >= 4 is 17.0 Å². The first-order valence-electron chi connectivity index (χ1n) is 8.59. The number of hydrogen-bond acceptors (Lipinski definition) is 4.